The lowest BCUT2D eigenvalue weighted by Gasteiger charge is -2.29. The molecule has 0 saturated carbocycles. The van der Waals surface area contributed by atoms with Crippen molar-refractivity contribution < 1.29 is 33.6 Å². The summed E-state index contributed by atoms with van der Waals surface area (Å²) in [5.74, 6) is -1.62. The molecule has 3 aromatic rings. The van der Waals surface area contributed by atoms with Crippen molar-refractivity contribution in [2.24, 2.45) is 0 Å². The van der Waals surface area contributed by atoms with E-state index in [-0.39, 0.29) is 23.4 Å². The zero-order valence-corrected chi connectivity index (χ0v) is 22.1. The summed E-state index contributed by atoms with van der Waals surface area (Å²) in [7, 11) is 2.92. The molecular weight excluding hydrogens is 519 g/mol. The molecule has 0 unspecified atom stereocenters. The topological polar surface area (TPSA) is 110 Å². The van der Waals surface area contributed by atoms with Crippen LogP contribution in [-0.4, -0.2) is 74.0 Å². The number of nitrogens with zero attached hydrogens (tertiary/aromatic N) is 2. The average Bonchev–Trinajstić information content (AvgIpc) is 2.92. The normalized spacial score (nSPS) is 15.5. The Balaban J connectivity index is 1.89. The molecule has 1 saturated heterocycles. The number of aliphatic hydroxyl groups is 1. The van der Waals surface area contributed by atoms with Crippen molar-refractivity contribution in [3.05, 3.63) is 68.2 Å². The summed E-state index contributed by atoms with van der Waals surface area (Å²) in [5.41, 5.74) is 0.718. The Morgan fingerprint density at radius 3 is 2.50 bits per heavy atom. The lowest BCUT2D eigenvalue weighted by atomic mass is 9.99. The van der Waals surface area contributed by atoms with Crippen LogP contribution in [-0.2, 0) is 15.9 Å². The molecule has 2 N–H and O–H groups in total. The van der Waals surface area contributed by atoms with Crippen molar-refractivity contribution in [1.82, 2.24) is 4.57 Å². The van der Waals surface area contributed by atoms with Crippen LogP contribution in [0.1, 0.15) is 34.5 Å². The van der Waals surface area contributed by atoms with Crippen LogP contribution in [0.15, 0.2) is 35.3 Å². The number of aromatic carboxylic acids is 1. The van der Waals surface area contributed by atoms with Gasteiger partial charge < -0.3 is 33.9 Å². The number of halogens is 2. The molecule has 0 bridgehead atoms. The maximum Gasteiger partial charge on any atom is 0.341 e. The zero-order valence-electron chi connectivity index (χ0n) is 21.4. The smallest absolute Gasteiger partial charge is 0.341 e. The maximum atomic E-state index is 15.2. The summed E-state index contributed by atoms with van der Waals surface area (Å²) >= 11 is 6.25. The van der Waals surface area contributed by atoms with Crippen LogP contribution in [0.25, 0.3) is 10.9 Å². The summed E-state index contributed by atoms with van der Waals surface area (Å²) < 4.78 is 33.1. The highest BCUT2D eigenvalue weighted by Gasteiger charge is 2.25. The van der Waals surface area contributed by atoms with Crippen molar-refractivity contribution in [1.29, 1.82) is 0 Å². The number of anilines is 1. The predicted molar refractivity (Wildman–Crippen MR) is 142 cm³/mol. The molecule has 0 radical (unpaired) electrons. The number of pyridine rings is 1. The number of benzene rings is 2. The van der Waals surface area contributed by atoms with Gasteiger partial charge in [0.25, 0.3) is 0 Å². The highest BCUT2D eigenvalue weighted by molar-refractivity contribution is 6.31. The minimum absolute atomic E-state index is 0.0291. The summed E-state index contributed by atoms with van der Waals surface area (Å²) in [6.07, 6.45) is 0.739. The minimum atomic E-state index is -1.40. The zero-order chi connectivity index (χ0) is 27.6. The first-order chi connectivity index (χ1) is 18.2. The molecule has 0 spiro atoms. The third kappa shape index (κ3) is 5.35. The first kappa shape index (κ1) is 27.8. The van der Waals surface area contributed by atoms with Crippen molar-refractivity contribution in [3.63, 3.8) is 0 Å². The predicted octanol–water partition coefficient (Wildman–Crippen LogP) is 3.50. The third-order valence-corrected chi connectivity index (χ3v) is 7.24. The van der Waals surface area contributed by atoms with Gasteiger partial charge in [0.15, 0.2) is 0 Å². The van der Waals surface area contributed by atoms with Crippen molar-refractivity contribution in [2.75, 3.05) is 52.0 Å². The molecule has 0 amide bonds. The van der Waals surface area contributed by atoms with Gasteiger partial charge in [0.05, 0.1) is 49.6 Å². The van der Waals surface area contributed by atoms with Crippen LogP contribution in [0.3, 0.4) is 0 Å². The van der Waals surface area contributed by atoms with Crippen molar-refractivity contribution >= 4 is 34.2 Å². The van der Waals surface area contributed by atoms with Crippen molar-refractivity contribution in [2.45, 2.75) is 25.5 Å². The molecule has 4 rings (SSSR count). The summed E-state index contributed by atoms with van der Waals surface area (Å²) in [6.45, 7) is 3.75. The van der Waals surface area contributed by atoms with Crippen LogP contribution in [0.5, 0.6) is 5.75 Å². The number of carbonyl (C=O) groups is 1. The second kappa shape index (κ2) is 11.7. The molecule has 1 fully saturated rings. The highest BCUT2D eigenvalue weighted by atomic mass is 35.5. The molecule has 38 heavy (non-hydrogen) atoms. The Bertz CT molecular complexity index is 1400. The van der Waals surface area contributed by atoms with Crippen LogP contribution in [0, 0.1) is 5.82 Å². The van der Waals surface area contributed by atoms with Gasteiger partial charge >= 0.3 is 5.97 Å². The molecular formula is C27H30ClFN2O7. The largest absolute Gasteiger partial charge is 0.496 e. The number of methoxy groups -OCH3 is 2. The quantitative estimate of drug-likeness (QED) is 0.418. The maximum absolute atomic E-state index is 15.2. The number of morpholine rings is 1. The van der Waals surface area contributed by atoms with Gasteiger partial charge in [-0.15, -0.1) is 0 Å². The fraction of sp³-hybridized carbons (Fsp3) is 0.407. The van der Waals surface area contributed by atoms with Gasteiger partial charge in [0.2, 0.25) is 5.43 Å². The molecule has 11 heteroatoms. The number of carboxylic acid groups (broad SMARTS) is 1. The number of aliphatic hydroxyl groups excluding tert-OH is 1. The second-order valence-corrected chi connectivity index (χ2v) is 9.54. The fourth-order valence-electron chi connectivity index (χ4n) is 4.76. The molecule has 0 aliphatic carbocycles. The van der Waals surface area contributed by atoms with Gasteiger partial charge in [0.1, 0.15) is 17.1 Å². The monoisotopic (exact) mass is 548 g/mol. The fourth-order valence-corrected chi connectivity index (χ4v) is 5.00. The molecule has 2 aromatic carbocycles. The number of hydrogen-bond donors (Lipinski definition) is 2. The van der Waals surface area contributed by atoms with E-state index in [1.807, 2.05) is 0 Å². The Morgan fingerprint density at radius 1 is 1.18 bits per heavy atom. The van der Waals surface area contributed by atoms with Gasteiger partial charge in [0, 0.05) is 50.0 Å². The molecule has 9 nitrogen and oxygen atoms in total. The number of aromatic nitrogens is 1. The summed E-state index contributed by atoms with van der Waals surface area (Å²) in [5, 5.41) is 19.9. The highest BCUT2D eigenvalue weighted by Crippen LogP contribution is 2.33. The molecule has 1 aromatic heterocycles. The van der Waals surface area contributed by atoms with Crippen LogP contribution >= 0.6 is 11.6 Å². The standard InChI is InChI=1S/C27H30ClFN2O7/c1-15(36-2)23(14-32)31-13-20(27(34)35)26(33)19-10-16(24(37-3)12-22(19)31)8-17-9-18(11-21(28)25(17)29)30-4-6-38-7-5-30/h9-13,15,23,32H,4-8,14H2,1-3H3,(H,34,35)/t15-,23-/m1/s1. The first-order valence-corrected chi connectivity index (χ1v) is 12.5. The summed E-state index contributed by atoms with van der Waals surface area (Å²) in [4.78, 5) is 27.2. The molecule has 1 aliphatic rings. The molecule has 204 valence electrons. The van der Waals surface area contributed by atoms with Crippen LogP contribution in [0.2, 0.25) is 5.02 Å². The van der Waals surface area contributed by atoms with Crippen LogP contribution in [0.4, 0.5) is 10.1 Å². The number of hydrogen-bond acceptors (Lipinski definition) is 7. The molecule has 2 heterocycles. The van der Waals surface area contributed by atoms with E-state index in [1.54, 1.807) is 25.1 Å². The Hall–Kier alpha value is -3.18. The van der Waals surface area contributed by atoms with Gasteiger partial charge in [-0.25, -0.2) is 9.18 Å². The van der Waals surface area contributed by atoms with Crippen molar-refractivity contribution in [3.8, 4) is 5.75 Å². The van der Waals surface area contributed by atoms with E-state index in [0.717, 1.165) is 5.69 Å². The van der Waals surface area contributed by atoms with E-state index in [1.165, 1.54) is 31.0 Å². The molecule has 1 aliphatic heterocycles. The lowest BCUT2D eigenvalue weighted by Crippen LogP contribution is -2.36. The minimum Gasteiger partial charge on any atom is -0.496 e. The number of rotatable bonds is 9. The van der Waals surface area contributed by atoms with Gasteiger partial charge in [-0.3, -0.25) is 4.79 Å². The van der Waals surface area contributed by atoms with E-state index in [2.05, 4.69) is 4.90 Å². The third-order valence-electron chi connectivity index (χ3n) is 6.97. The Labute approximate surface area is 223 Å². The van der Waals surface area contributed by atoms with Gasteiger partial charge in [-0.2, -0.15) is 0 Å². The Kier molecular flexibility index (Phi) is 8.57. The van der Waals surface area contributed by atoms with E-state index < -0.39 is 34.9 Å². The second-order valence-electron chi connectivity index (χ2n) is 9.13. The lowest BCUT2D eigenvalue weighted by molar-refractivity contribution is 0.0456. The van der Waals surface area contributed by atoms with Gasteiger partial charge in [-0.1, -0.05) is 11.6 Å². The van der Waals surface area contributed by atoms with E-state index >= 15 is 4.39 Å². The Morgan fingerprint density at radius 2 is 1.89 bits per heavy atom. The molecule has 2 atom stereocenters. The van der Waals surface area contributed by atoms with E-state index in [0.29, 0.717) is 48.7 Å². The number of fused-ring (bicyclic) bond motifs is 1. The van der Waals surface area contributed by atoms with Gasteiger partial charge in [-0.05, 0) is 36.2 Å². The SMILES string of the molecule is COc1cc2c(cc1Cc1cc(N3CCOCC3)cc(Cl)c1F)c(=O)c(C(=O)O)cn2[C@H](CO)[C@@H](C)OC. The number of ether oxygens (including phenoxy) is 3. The average molecular weight is 549 g/mol. The van der Waals surface area contributed by atoms with Crippen LogP contribution < -0.4 is 15.1 Å². The van der Waals surface area contributed by atoms with E-state index in [4.69, 9.17) is 25.8 Å². The first-order valence-electron chi connectivity index (χ1n) is 12.1. The summed E-state index contributed by atoms with van der Waals surface area (Å²) in [6, 6.07) is 5.71. The number of carboxylic acids is 1. The van der Waals surface area contributed by atoms with E-state index in [9.17, 15) is 19.8 Å².